The molecule has 2 aromatic heterocycles. The number of sulfonamides is 1. The summed E-state index contributed by atoms with van der Waals surface area (Å²) in [7, 11) is -3.57. The summed E-state index contributed by atoms with van der Waals surface area (Å²) < 4.78 is 38.0. The number of ether oxygens (including phenoxy) is 1. The van der Waals surface area contributed by atoms with Gasteiger partial charge in [0.25, 0.3) is 11.1 Å². The van der Waals surface area contributed by atoms with Gasteiger partial charge in [-0.25, -0.2) is 8.42 Å². The van der Waals surface area contributed by atoms with Gasteiger partial charge < -0.3 is 9.15 Å². The highest BCUT2D eigenvalue weighted by Crippen LogP contribution is 2.29. The summed E-state index contributed by atoms with van der Waals surface area (Å²) in [6.45, 7) is 1.45. The van der Waals surface area contributed by atoms with Crippen LogP contribution in [0.2, 0.25) is 0 Å². The lowest BCUT2D eigenvalue weighted by Gasteiger charge is -2.26. The van der Waals surface area contributed by atoms with Crippen molar-refractivity contribution >= 4 is 50.0 Å². The van der Waals surface area contributed by atoms with E-state index in [0.717, 1.165) is 11.8 Å². The first-order chi connectivity index (χ1) is 16.4. The van der Waals surface area contributed by atoms with E-state index in [4.69, 9.17) is 9.15 Å². The number of imide groups is 1. The number of benzene rings is 1. The van der Waals surface area contributed by atoms with Gasteiger partial charge in [-0.05, 0) is 42.1 Å². The Bertz CT molecular complexity index is 1490. The van der Waals surface area contributed by atoms with E-state index < -0.39 is 21.2 Å². The maximum absolute atomic E-state index is 12.8. The molecule has 1 N–H and O–H groups in total. The largest absolute Gasteiger partial charge is 0.455 e. The van der Waals surface area contributed by atoms with E-state index in [9.17, 15) is 18.0 Å². The fourth-order valence-corrected chi connectivity index (χ4v) is 5.55. The van der Waals surface area contributed by atoms with Gasteiger partial charge in [-0.1, -0.05) is 11.8 Å². The Morgan fingerprint density at radius 3 is 2.56 bits per heavy atom. The fraction of sp³-hybridized carbons (Fsp3) is 0.174. The van der Waals surface area contributed by atoms with Gasteiger partial charge in [-0.2, -0.15) is 4.31 Å². The monoisotopic (exact) mass is 495 g/mol. The zero-order chi connectivity index (χ0) is 23.7. The molecule has 34 heavy (non-hydrogen) atoms. The summed E-state index contributed by atoms with van der Waals surface area (Å²) in [4.78, 5) is 27.7. The zero-order valence-electron chi connectivity index (χ0n) is 17.6. The number of carbonyl (C=O) groups excluding carboxylic acids is 2. The maximum atomic E-state index is 12.8. The number of hydrogen-bond acceptors (Lipinski definition) is 8. The van der Waals surface area contributed by atoms with Crippen molar-refractivity contribution in [3.05, 3.63) is 64.5 Å². The molecule has 2 amide bonds. The fourth-order valence-electron chi connectivity index (χ4n) is 3.48. The smallest absolute Gasteiger partial charge is 0.290 e. The number of hydrogen-bond donors (Lipinski definition) is 1. The minimum absolute atomic E-state index is 0.208. The molecule has 11 heteroatoms. The van der Waals surface area contributed by atoms with E-state index >= 15 is 0 Å². The molecule has 0 saturated carbocycles. The molecule has 9 nitrogen and oxygen atoms in total. The van der Waals surface area contributed by atoms with Crippen LogP contribution in [0.4, 0.5) is 4.79 Å². The average molecular weight is 496 g/mol. The molecule has 172 valence electrons. The molecule has 0 unspecified atom stereocenters. The summed E-state index contributed by atoms with van der Waals surface area (Å²) in [6, 6.07) is 8.09. The van der Waals surface area contributed by atoms with Crippen LogP contribution >= 0.6 is 11.8 Å². The summed E-state index contributed by atoms with van der Waals surface area (Å²) in [6.07, 6.45) is 4.67. The second kappa shape index (κ2) is 9.08. The number of aromatic nitrogens is 1. The molecule has 0 aliphatic carbocycles. The van der Waals surface area contributed by atoms with Crippen LogP contribution in [0.25, 0.3) is 17.0 Å². The summed E-state index contributed by atoms with van der Waals surface area (Å²) in [5, 5.41) is 2.47. The molecule has 3 aromatic rings. The van der Waals surface area contributed by atoms with Gasteiger partial charge in [0, 0.05) is 42.5 Å². The maximum Gasteiger partial charge on any atom is 0.290 e. The third kappa shape index (κ3) is 4.49. The van der Waals surface area contributed by atoms with Gasteiger partial charge in [-0.3, -0.25) is 19.9 Å². The van der Waals surface area contributed by atoms with Crippen LogP contribution in [0.5, 0.6) is 0 Å². The number of thioether (sulfide) groups is 1. The van der Waals surface area contributed by atoms with Crippen LogP contribution in [-0.4, -0.2) is 55.2 Å². The molecule has 0 radical (unpaired) electrons. The lowest BCUT2D eigenvalue weighted by atomic mass is 10.2. The number of amides is 2. The average Bonchev–Trinajstić information content (AvgIpc) is 3.40. The highest BCUT2D eigenvalue weighted by atomic mass is 32.2. The van der Waals surface area contributed by atoms with Crippen LogP contribution in [0.15, 0.2) is 56.9 Å². The predicted octanol–water partition coefficient (Wildman–Crippen LogP) is 2.57. The highest BCUT2D eigenvalue weighted by Gasteiger charge is 2.26. The number of rotatable bonds is 3. The van der Waals surface area contributed by atoms with Crippen LogP contribution < -0.4 is 5.32 Å². The minimum Gasteiger partial charge on any atom is -0.455 e. The van der Waals surface area contributed by atoms with E-state index in [0.29, 0.717) is 54.2 Å². The Labute approximate surface area is 199 Å². The second-order valence-corrected chi connectivity index (χ2v) is 10.3. The third-order valence-electron chi connectivity index (χ3n) is 5.16. The van der Waals surface area contributed by atoms with Crippen LogP contribution in [0.3, 0.4) is 0 Å². The first-order valence-corrected chi connectivity index (χ1v) is 12.5. The van der Waals surface area contributed by atoms with Crippen LogP contribution in [0, 0.1) is 11.8 Å². The second-order valence-electron chi connectivity index (χ2n) is 7.40. The van der Waals surface area contributed by atoms with Gasteiger partial charge >= 0.3 is 0 Å². The Balaban J connectivity index is 1.39. The first-order valence-electron chi connectivity index (χ1n) is 10.2. The quantitative estimate of drug-likeness (QED) is 0.435. The van der Waals surface area contributed by atoms with Crippen molar-refractivity contribution in [2.24, 2.45) is 0 Å². The highest BCUT2D eigenvalue weighted by molar-refractivity contribution is 8.18. The molecular weight excluding hydrogens is 478 g/mol. The third-order valence-corrected chi connectivity index (χ3v) is 7.88. The molecule has 4 heterocycles. The van der Waals surface area contributed by atoms with Crippen molar-refractivity contribution in [2.45, 2.75) is 4.90 Å². The predicted molar refractivity (Wildman–Crippen MR) is 125 cm³/mol. The number of nitrogens with zero attached hydrogens (tertiary/aromatic N) is 2. The molecule has 2 aliphatic heterocycles. The van der Waals surface area contributed by atoms with Crippen LogP contribution in [-0.2, 0) is 19.6 Å². The van der Waals surface area contributed by atoms with Crippen molar-refractivity contribution in [2.75, 3.05) is 26.3 Å². The van der Waals surface area contributed by atoms with E-state index in [2.05, 4.69) is 22.1 Å². The van der Waals surface area contributed by atoms with Gasteiger partial charge in [-0.15, -0.1) is 0 Å². The molecule has 2 aliphatic rings. The van der Waals surface area contributed by atoms with Gasteiger partial charge in [0.15, 0.2) is 5.58 Å². The summed E-state index contributed by atoms with van der Waals surface area (Å²) in [5.41, 5.74) is 1.66. The van der Waals surface area contributed by atoms with E-state index in [-0.39, 0.29) is 9.80 Å². The van der Waals surface area contributed by atoms with Crippen molar-refractivity contribution in [1.29, 1.82) is 0 Å². The van der Waals surface area contributed by atoms with E-state index in [1.54, 1.807) is 30.6 Å². The number of fused-ring (bicyclic) bond motifs is 1. The Morgan fingerprint density at radius 2 is 1.85 bits per heavy atom. The lowest BCUT2D eigenvalue weighted by molar-refractivity contribution is -0.115. The Hall–Kier alpha value is -3.43. The molecule has 0 atom stereocenters. The number of carbonyl (C=O) groups is 2. The number of nitrogens with one attached hydrogen (secondary N) is 1. The molecule has 2 fully saturated rings. The summed E-state index contributed by atoms with van der Waals surface area (Å²) in [5.74, 6) is 5.94. The summed E-state index contributed by atoms with van der Waals surface area (Å²) >= 11 is 0.808. The number of morpholine rings is 1. The Kier molecular flexibility index (Phi) is 5.97. The van der Waals surface area contributed by atoms with Gasteiger partial charge in [0.05, 0.1) is 28.6 Å². The van der Waals surface area contributed by atoms with E-state index in [1.165, 1.54) is 22.5 Å². The standard InChI is InChI=1S/C23H17N3O6S2/c27-22-20(33-23(28)25-22)12-18-11-17-14-24-13-16(21(17)32-18)4-1-15-2-5-19(6-3-15)34(29,30)26-7-9-31-10-8-26/h2-3,5-6,11-14H,7-10H2,(H,25,27,28). The first kappa shape index (κ1) is 22.4. The molecule has 2 saturated heterocycles. The van der Waals surface area contributed by atoms with Crippen molar-refractivity contribution in [3.8, 4) is 11.8 Å². The molecule has 0 spiro atoms. The Morgan fingerprint density at radius 1 is 1.09 bits per heavy atom. The number of furan rings is 1. The van der Waals surface area contributed by atoms with Crippen molar-refractivity contribution in [1.82, 2.24) is 14.6 Å². The topological polar surface area (TPSA) is 119 Å². The minimum atomic E-state index is -3.57. The molecular formula is C23H17N3O6S2. The van der Waals surface area contributed by atoms with E-state index in [1.807, 2.05) is 0 Å². The normalized spacial score (nSPS) is 18.2. The van der Waals surface area contributed by atoms with Gasteiger partial charge in [0.2, 0.25) is 10.0 Å². The SMILES string of the molecule is O=C1NC(=O)C(=Cc2cc3cncc(C#Cc4ccc(S(=O)(=O)N5CCOCC5)cc4)c3o2)S1. The van der Waals surface area contributed by atoms with Crippen molar-refractivity contribution in [3.63, 3.8) is 0 Å². The lowest BCUT2D eigenvalue weighted by Crippen LogP contribution is -2.40. The number of pyridine rings is 1. The van der Waals surface area contributed by atoms with Gasteiger partial charge in [0.1, 0.15) is 5.76 Å². The van der Waals surface area contributed by atoms with Crippen LogP contribution in [0.1, 0.15) is 16.9 Å². The zero-order valence-corrected chi connectivity index (χ0v) is 19.2. The molecule has 5 rings (SSSR count). The molecule has 0 bridgehead atoms. The molecule has 1 aromatic carbocycles. The van der Waals surface area contributed by atoms with Crippen molar-refractivity contribution < 1.29 is 27.2 Å².